The van der Waals surface area contributed by atoms with Crippen molar-refractivity contribution in [3.63, 3.8) is 0 Å². The monoisotopic (exact) mass is 247 g/mol. The molecule has 1 N–H and O–H groups in total. The molecule has 3 atom stereocenters. The Hall–Kier alpha value is -0.800. The Labute approximate surface area is 108 Å². The van der Waals surface area contributed by atoms with E-state index in [1.165, 1.54) is 32.1 Å². The van der Waals surface area contributed by atoms with Gasteiger partial charge in [0.05, 0.1) is 18.9 Å². The Bertz CT molecular complexity index is 408. The van der Waals surface area contributed by atoms with Crippen LogP contribution in [0.1, 0.15) is 37.9 Å². The zero-order valence-corrected chi connectivity index (χ0v) is 10.7. The van der Waals surface area contributed by atoms with E-state index in [2.05, 4.69) is 11.4 Å². The second-order valence-electron chi connectivity index (χ2n) is 6.12. The van der Waals surface area contributed by atoms with Crippen LogP contribution < -0.4 is 5.32 Å². The molecule has 0 radical (unpaired) electrons. The lowest BCUT2D eigenvalue weighted by atomic mass is 9.54. The summed E-state index contributed by atoms with van der Waals surface area (Å²) in [6, 6.07) is 4.66. The Morgan fingerprint density at radius 2 is 2.22 bits per heavy atom. The molecule has 18 heavy (non-hydrogen) atoms. The normalized spacial score (nSPS) is 36.8. The molecule has 3 nitrogen and oxygen atoms in total. The maximum atomic E-state index is 5.99. The van der Waals surface area contributed by atoms with Gasteiger partial charge in [0.15, 0.2) is 0 Å². The minimum atomic E-state index is 0.452. The third kappa shape index (κ3) is 1.44. The molecular weight excluding hydrogens is 226 g/mol. The summed E-state index contributed by atoms with van der Waals surface area (Å²) >= 11 is 0. The van der Waals surface area contributed by atoms with Gasteiger partial charge in [0.1, 0.15) is 5.76 Å². The molecule has 4 rings (SSSR count). The van der Waals surface area contributed by atoms with Crippen molar-refractivity contribution in [1.29, 1.82) is 0 Å². The molecule has 3 aliphatic rings. The molecule has 1 spiro atoms. The van der Waals surface area contributed by atoms with Crippen LogP contribution in [0.4, 0.5) is 0 Å². The van der Waals surface area contributed by atoms with E-state index in [0.717, 1.165) is 24.8 Å². The van der Waals surface area contributed by atoms with Crippen molar-refractivity contribution in [2.45, 2.75) is 50.8 Å². The smallest absolute Gasteiger partial charge is 0.117 e. The van der Waals surface area contributed by atoms with E-state index in [4.69, 9.17) is 9.15 Å². The van der Waals surface area contributed by atoms with E-state index in [1.807, 2.05) is 6.07 Å². The van der Waals surface area contributed by atoms with Crippen LogP contribution in [0, 0.1) is 11.3 Å². The Morgan fingerprint density at radius 3 is 3.00 bits per heavy atom. The topological polar surface area (TPSA) is 34.4 Å². The van der Waals surface area contributed by atoms with Gasteiger partial charge in [-0.25, -0.2) is 0 Å². The maximum absolute atomic E-state index is 5.99. The summed E-state index contributed by atoms with van der Waals surface area (Å²) in [4.78, 5) is 0. The predicted octanol–water partition coefficient (Wildman–Crippen LogP) is 2.72. The fraction of sp³-hybridized carbons (Fsp3) is 0.733. The highest BCUT2D eigenvalue weighted by molar-refractivity contribution is 5.17. The largest absolute Gasteiger partial charge is 0.468 e. The molecule has 1 aromatic rings. The van der Waals surface area contributed by atoms with Crippen molar-refractivity contribution in [3.05, 3.63) is 24.2 Å². The van der Waals surface area contributed by atoms with Crippen LogP contribution >= 0.6 is 0 Å². The summed E-state index contributed by atoms with van der Waals surface area (Å²) in [5.41, 5.74) is 0.452. The molecule has 2 saturated carbocycles. The van der Waals surface area contributed by atoms with Gasteiger partial charge < -0.3 is 14.5 Å². The van der Waals surface area contributed by atoms with Crippen LogP contribution in [0.15, 0.2) is 22.8 Å². The van der Waals surface area contributed by atoms with Gasteiger partial charge in [-0.1, -0.05) is 12.8 Å². The SMILES string of the molecule is c1coc(CNC2[C@H]3CCO[C@H]3C23CCCC3)c1. The van der Waals surface area contributed by atoms with Gasteiger partial charge >= 0.3 is 0 Å². The predicted molar refractivity (Wildman–Crippen MR) is 68.1 cm³/mol. The first kappa shape index (κ1) is 11.1. The first-order chi connectivity index (χ1) is 8.90. The molecule has 0 bridgehead atoms. The van der Waals surface area contributed by atoms with Crippen molar-refractivity contribution < 1.29 is 9.15 Å². The summed E-state index contributed by atoms with van der Waals surface area (Å²) in [7, 11) is 0. The highest BCUT2D eigenvalue weighted by Crippen LogP contribution is 2.60. The van der Waals surface area contributed by atoms with Gasteiger partial charge in [-0.05, 0) is 31.4 Å². The van der Waals surface area contributed by atoms with Crippen LogP contribution in [0.25, 0.3) is 0 Å². The zero-order valence-electron chi connectivity index (χ0n) is 10.7. The van der Waals surface area contributed by atoms with Crippen molar-refractivity contribution in [1.82, 2.24) is 5.32 Å². The molecule has 0 aromatic carbocycles. The Morgan fingerprint density at radius 1 is 1.33 bits per heavy atom. The van der Waals surface area contributed by atoms with Crippen LogP contribution in [-0.2, 0) is 11.3 Å². The van der Waals surface area contributed by atoms with Crippen molar-refractivity contribution in [3.8, 4) is 0 Å². The van der Waals surface area contributed by atoms with Gasteiger partial charge in [0.25, 0.3) is 0 Å². The zero-order chi connectivity index (χ0) is 12.0. The molecule has 3 heteroatoms. The van der Waals surface area contributed by atoms with E-state index in [-0.39, 0.29) is 0 Å². The molecule has 1 saturated heterocycles. The number of furan rings is 1. The first-order valence-corrected chi connectivity index (χ1v) is 7.27. The molecular formula is C15H21NO2. The first-order valence-electron chi connectivity index (χ1n) is 7.27. The van der Waals surface area contributed by atoms with Crippen LogP contribution in [-0.4, -0.2) is 18.8 Å². The third-order valence-corrected chi connectivity index (χ3v) is 5.36. The number of ether oxygens (including phenoxy) is 1. The molecule has 2 heterocycles. The molecule has 98 valence electrons. The fourth-order valence-electron chi connectivity index (χ4n) is 4.63. The summed E-state index contributed by atoms with van der Waals surface area (Å²) in [5.74, 6) is 1.79. The van der Waals surface area contributed by atoms with Gasteiger partial charge in [0, 0.05) is 24.0 Å². The highest BCUT2D eigenvalue weighted by atomic mass is 16.5. The quantitative estimate of drug-likeness (QED) is 0.891. The van der Waals surface area contributed by atoms with Gasteiger partial charge in [-0.2, -0.15) is 0 Å². The summed E-state index contributed by atoms with van der Waals surface area (Å²) < 4.78 is 11.4. The van der Waals surface area contributed by atoms with Crippen LogP contribution in [0.2, 0.25) is 0 Å². The molecule has 1 unspecified atom stereocenters. The summed E-state index contributed by atoms with van der Waals surface area (Å²) in [6.07, 6.45) is 9.01. The average molecular weight is 247 g/mol. The third-order valence-electron chi connectivity index (χ3n) is 5.36. The van der Waals surface area contributed by atoms with Crippen LogP contribution in [0.5, 0.6) is 0 Å². The number of hydrogen-bond donors (Lipinski definition) is 1. The van der Waals surface area contributed by atoms with Crippen molar-refractivity contribution in [2.24, 2.45) is 11.3 Å². The molecule has 1 aliphatic heterocycles. The van der Waals surface area contributed by atoms with E-state index in [1.54, 1.807) is 6.26 Å². The lowest BCUT2D eigenvalue weighted by molar-refractivity contribution is -0.131. The summed E-state index contributed by atoms with van der Waals surface area (Å²) in [5, 5.41) is 3.75. The van der Waals surface area contributed by atoms with Gasteiger partial charge in [-0.15, -0.1) is 0 Å². The summed E-state index contributed by atoms with van der Waals surface area (Å²) in [6.45, 7) is 1.83. The second kappa shape index (κ2) is 4.10. The van der Waals surface area contributed by atoms with Crippen molar-refractivity contribution in [2.75, 3.05) is 6.61 Å². The lowest BCUT2D eigenvalue weighted by Crippen LogP contribution is -2.67. The van der Waals surface area contributed by atoms with E-state index < -0.39 is 0 Å². The van der Waals surface area contributed by atoms with E-state index >= 15 is 0 Å². The fourth-order valence-corrected chi connectivity index (χ4v) is 4.63. The number of rotatable bonds is 3. The minimum Gasteiger partial charge on any atom is -0.468 e. The number of nitrogens with one attached hydrogen (secondary N) is 1. The standard InChI is InChI=1S/C15H21NO2/c1-2-7-15(6-1)13(12-5-9-18-14(12)15)16-10-11-4-3-8-17-11/h3-4,8,12-14,16H,1-2,5-7,9-10H2/t12-,13?,14-/m1/s1. The number of fused-ring (bicyclic) bond motifs is 2. The van der Waals surface area contributed by atoms with Crippen LogP contribution in [0.3, 0.4) is 0 Å². The molecule has 1 aromatic heterocycles. The number of hydrogen-bond acceptors (Lipinski definition) is 3. The molecule has 3 fully saturated rings. The minimum absolute atomic E-state index is 0.452. The van der Waals surface area contributed by atoms with E-state index in [0.29, 0.717) is 17.6 Å². The molecule has 0 amide bonds. The van der Waals surface area contributed by atoms with Gasteiger partial charge in [-0.3, -0.25) is 0 Å². The van der Waals surface area contributed by atoms with E-state index in [9.17, 15) is 0 Å². The van der Waals surface area contributed by atoms with Gasteiger partial charge in [0.2, 0.25) is 0 Å². The Balaban J connectivity index is 1.48. The molecule has 2 aliphatic carbocycles. The second-order valence-corrected chi connectivity index (χ2v) is 6.12. The Kier molecular flexibility index (Phi) is 2.52. The highest BCUT2D eigenvalue weighted by Gasteiger charge is 2.64. The lowest BCUT2D eigenvalue weighted by Gasteiger charge is -2.57. The average Bonchev–Trinajstić information content (AvgIpc) is 3.10. The maximum Gasteiger partial charge on any atom is 0.117 e. The van der Waals surface area contributed by atoms with Crippen molar-refractivity contribution >= 4 is 0 Å².